The van der Waals surface area contributed by atoms with Crippen LogP contribution in [0.5, 0.6) is 0 Å². The highest BCUT2D eigenvalue weighted by Gasteiger charge is 2.32. The normalized spacial score (nSPS) is 26.6. The summed E-state index contributed by atoms with van der Waals surface area (Å²) in [6, 6.07) is 5.71. The quantitative estimate of drug-likeness (QED) is 0.924. The van der Waals surface area contributed by atoms with Crippen LogP contribution >= 0.6 is 11.6 Å². The van der Waals surface area contributed by atoms with Crippen LogP contribution in [0.1, 0.15) is 18.4 Å². The SMILES string of the molecule is Fc1cccc(Cl)c1CN([C@H]1CCNC1)[C@H]1CCOC1. The van der Waals surface area contributed by atoms with E-state index in [9.17, 15) is 4.39 Å². The molecule has 0 spiro atoms. The van der Waals surface area contributed by atoms with Gasteiger partial charge in [-0.05, 0) is 31.5 Å². The number of hydrogen-bond donors (Lipinski definition) is 1. The van der Waals surface area contributed by atoms with Crippen molar-refractivity contribution in [1.82, 2.24) is 10.2 Å². The molecule has 0 aromatic heterocycles. The smallest absolute Gasteiger partial charge is 0.129 e. The molecular weight excluding hydrogens is 279 g/mol. The standard InChI is InChI=1S/C15H20ClFN2O/c16-14-2-1-3-15(17)13(14)9-19(11-4-6-18-8-11)12-5-7-20-10-12/h1-3,11-12,18H,4-10H2/t11-,12-/m0/s1. The molecule has 2 fully saturated rings. The van der Waals surface area contributed by atoms with E-state index in [4.69, 9.17) is 16.3 Å². The number of hydrogen-bond acceptors (Lipinski definition) is 3. The number of nitrogens with zero attached hydrogens (tertiary/aromatic N) is 1. The van der Waals surface area contributed by atoms with Crippen LogP contribution in [0.2, 0.25) is 5.02 Å². The maximum atomic E-state index is 14.0. The molecule has 2 aliphatic heterocycles. The zero-order chi connectivity index (χ0) is 13.9. The molecule has 2 saturated heterocycles. The lowest BCUT2D eigenvalue weighted by atomic mass is 10.1. The molecule has 2 atom stereocenters. The lowest BCUT2D eigenvalue weighted by Gasteiger charge is -2.33. The maximum Gasteiger partial charge on any atom is 0.129 e. The van der Waals surface area contributed by atoms with Crippen LogP contribution in [-0.2, 0) is 11.3 Å². The molecule has 0 amide bonds. The van der Waals surface area contributed by atoms with Gasteiger partial charge in [-0.25, -0.2) is 4.39 Å². The lowest BCUT2D eigenvalue weighted by molar-refractivity contribution is 0.107. The van der Waals surface area contributed by atoms with Crippen LogP contribution in [0, 0.1) is 5.82 Å². The van der Waals surface area contributed by atoms with Gasteiger partial charge in [0.2, 0.25) is 0 Å². The first-order valence-corrected chi connectivity index (χ1v) is 7.60. The first-order valence-electron chi connectivity index (χ1n) is 7.23. The number of nitrogens with one attached hydrogen (secondary N) is 1. The first-order chi connectivity index (χ1) is 9.75. The molecule has 110 valence electrons. The van der Waals surface area contributed by atoms with Gasteiger partial charge in [0.05, 0.1) is 6.61 Å². The fourth-order valence-electron chi connectivity index (χ4n) is 3.13. The van der Waals surface area contributed by atoms with Crippen LogP contribution in [0.15, 0.2) is 18.2 Å². The van der Waals surface area contributed by atoms with Gasteiger partial charge < -0.3 is 10.1 Å². The summed E-state index contributed by atoms with van der Waals surface area (Å²) < 4.78 is 19.5. The summed E-state index contributed by atoms with van der Waals surface area (Å²) in [7, 11) is 0. The molecule has 1 aromatic rings. The number of ether oxygens (including phenoxy) is 1. The average Bonchev–Trinajstić information content (AvgIpc) is 3.12. The molecule has 1 aromatic carbocycles. The Hall–Kier alpha value is -0.680. The topological polar surface area (TPSA) is 24.5 Å². The first kappa shape index (κ1) is 14.3. The molecule has 2 heterocycles. The van der Waals surface area contributed by atoms with E-state index in [1.807, 2.05) is 0 Å². The Kier molecular flexibility index (Phi) is 4.56. The van der Waals surface area contributed by atoms with E-state index in [2.05, 4.69) is 10.2 Å². The van der Waals surface area contributed by atoms with Crippen LogP contribution in [0.4, 0.5) is 4.39 Å². The van der Waals surface area contributed by atoms with Gasteiger partial charge in [0, 0.05) is 42.4 Å². The maximum absolute atomic E-state index is 14.0. The highest BCUT2D eigenvalue weighted by Crippen LogP contribution is 2.26. The highest BCUT2D eigenvalue weighted by molar-refractivity contribution is 6.31. The second kappa shape index (κ2) is 6.39. The van der Waals surface area contributed by atoms with Gasteiger partial charge in [0.25, 0.3) is 0 Å². The van der Waals surface area contributed by atoms with Crippen LogP contribution in [0.3, 0.4) is 0 Å². The summed E-state index contributed by atoms with van der Waals surface area (Å²) in [6.45, 7) is 4.09. The summed E-state index contributed by atoms with van der Waals surface area (Å²) in [6.07, 6.45) is 2.12. The molecule has 1 N–H and O–H groups in total. The fraction of sp³-hybridized carbons (Fsp3) is 0.600. The minimum absolute atomic E-state index is 0.215. The molecule has 0 aliphatic carbocycles. The van der Waals surface area contributed by atoms with Gasteiger partial charge in [-0.15, -0.1) is 0 Å². The summed E-state index contributed by atoms with van der Waals surface area (Å²) >= 11 is 6.17. The Bertz CT molecular complexity index is 423. The fourth-order valence-corrected chi connectivity index (χ4v) is 3.35. The zero-order valence-corrected chi connectivity index (χ0v) is 12.2. The monoisotopic (exact) mass is 298 g/mol. The van der Waals surface area contributed by atoms with Crippen LogP contribution in [-0.4, -0.2) is 43.3 Å². The molecule has 20 heavy (non-hydrogen) atoms. The lowest BCUT2D eigenvalue weighted by Crippen LogP contribution is -2.44. The van der Waals surface area contributed by atoms with Crippen LogP contribution in [0.25, 0.3) is 0 Å². The zero-order valence-electron chi connectivity index (χ0n) is 11.4. The number of halogens is 2. The van der Waals surface area contributed by atoms with Crippen molar-refractivity contribution in [2.75, 3.05) is 26.3 Å². The Balaban J connectivity index is 1.81. The summed E-state index contributed by atoms with van der Waals surface area (Å²) in [4.78, 5) is 2.37. The van der Waals surface area contributed by atoms with Crippen molar-refractivity contribution in [3.8, 4) is 0 Å². The van der Waals surface area contributed by atoms with E-state index >= 15 is 0 Å². The molecule has 3 nitrogen and oxygen atoms in total. The Labute approximate surface area is 124 Å². The van der Waals surface area contributed by atoms with Gasteiger partial charge in [-0.2, -0.15) is 0 Å². The Morgan fingerprint density at radius 1 is 1.35 bits per heavy atom. The molecule has 2 aliphatic rings. The molecule has 5 heteroatoms. The second-order valence-electron chi connectivity index (χ2n) is 5.54. The molecule has 0 unspecified atom stereocenters. The van der Waals surface area contributed by atoms with Gasteiger partial charge in [-0.3, -0.25) is 4.90 Å². The van der Waals surface area contributed by atoms with Crippen molar-refractivity contribution in [3.05, 3.63) is 34.6 Å². The third-order valence-corrected chi connectivity index (χ3v) is 4.63. The molecular formula is C15H20ClFN2O. The van der Waals surface area contributed by atoms with E-state index < -0.39 is 0 Å². The molecule has 3 rings (SSSR count). The van der Waals surface area contributed by atoms with Crippen molar-refractivity contribution in [3.63, 3.8) is 0 Å². The molecule has 0 bridgehead atoms. The Morgan fingerprint density at radius 2 is 2.25 bits per heavy atom. The van der Waals surface area contributed by atoms with Gasteiger partial charge in [-0.1, -0.05) is 17.7 Å². The molecule has 0 saturated carbocycles. The van der Waals surface area contributed by atoms with E-state index in [0.717, 1.165) is 39.1 Å². The molecule has 0 radical (unpaired) electrons. The van der Waals surface area contributed by atoms with Crippen molar-refractivity contribution in [1.29, 1.82) is 0 Å². The Morgan fingerprint density at radius 3 is 2.90 bits per heavy atom. The third kappa shape index (κ3) is 2.98. The predicted molar refractivity (Wildman–Crippen MR) is 77.5 cm³/mol. The van der Waals surface area contributed by atoms with Crippen molar-refractivity contribution in [2.45, 2.75) is 31.5 Å². The number of benzene rings is 1. The minimum atomic E-state index is -0.215. The summed E-state index contributed by atoms with van der Waals surface area (Å²) in [5.74, 6) is -0.215. The van der Waals surface area contributed by atoms with Gasteiger partial charge >= 0.3 is 0 Å². The summed E-state index contributed by atoms with van der Waals surface area (Å²) in [5, 5.41) is 3.90. The van der Waals surface area contributed by atoms with Crippen molar-refractivity contribution in [2.24, 2.45) is 0 Å². The van der Waals surface area contributed by atoms with Gasteiger partial charge in [0.15, 0.2) is 0 Å². The summed E-state index contributed by atoms with van der Waals surface area (Å²) in [5.41, 5.74) is 0.605. The van der Waals surface area contributed by atoms with E-state index in [0.29, 0.717) is 29.2 Å². The van der Waals surface area contributed by atoms with E-state index in [1.54, 1.807) is 12.1 Å². The van der Waals surface area contributed by atoms with E-state index in [1.165, 1.54) is 6.07 Å². The minimum Gasteiger partial charge on any atom is -0.380 e. The predicted octanol–water partition coefficient (Wildman–Crippen LogP) is 2.43. The van der Waals surface area contributed by atoms with Gasteiger partial charge in [0.1, 0.15) is 5.82 Å². The average molecular weight is 299 g/mol. The highest BCUT2D eigenvalue weighted by atomic mass is 35.5. The number of rotatable bonds is 4. The third-order valence-electron chi connectivity index (χ3n) is 4.28. The second-order valence-corrected chi connectivity index (χ2v) is 5.94. The van der Waals surface area contributed by atoms with Crippen LogP contribution < -0.4 is 5.32 Å². The van der Waals surface area contributed by atoms with Crippen molar-refractivity contribution >= 4 is 11.6 Å². The van der Waals surface area contributed by atoms with Crippen molar-refractivity contribution < 1.29 is 9.13 Å². The largest absolute Gasteiger partial charge is 0.380 e. The van der Waals surface area contributed by atoms with E-state index in [-0.39, 0.29) is 5.82 Å².